The average molecular weight is 200 g/mol. The number of benzene rings is 1. The molecule has 0 heterocycles. The highest BCUT2D eigenvalue weighted by Gasteiger charge is 2.05. The minimum atomic E-state index is -0.330. The van der Waals surface area contributed by atoms with Crippen LogP contribution in [0.1, 0.15) is 24.1 Å². The Morgan fingerprint density at radius 2 is 2.15 bits per heavy atom. The zero-order chi connectivity index (χ0) is 9.84. The first-order chi connectivity index (χ1) is 6.17. The minimum absolute atomic E-state index is 0.0521. The molecule has 3 heteroatoms. The average Bonchev–Trinajstić information content (AvgIpc) is 2.15. The summed E-state index contributed by atoms with van der Waals surface area (Å²) in [7, 11) is 0. The predicted octanol–water partition coefficient (Wildman–Crippen LogP) is 1.89. The van der Waals surface area contributed by atoms with Gasteiger partial charge in [0.05, 0.1) is 12.6 Å². The summed E-state index contributed by atoms with van der Waals surface area (Å²) in [5.41, 5.74) is 7.72. The summed E-state index contributed by atoms with van der Waals surface area (Å²) >= 11 is 5.89. The van der Waals surface area contributed by atoms with Gasteiger partial charge < -0.3 is 10.8 Å². The number of hydrogen-bond acceptors (Lipinski definition) is 2. The number of aliphatic hydroxyl groups excluding tert-OH is 1. The van der Waals surface area contributed by atoms with Crippen molar-refractivity contribution < 1.29 is 5.11 Å². The zero-order valence-corrected chi connectivity index (χ0v) is 8.38. The SMILES string of the molecule is CCc1cc(Cl)cc(C(N)CO)c1. The number of hydrogen-bond donors (Lipinski definition) is 2. The van der Waals surface area contributed by atoms with Crippen LogP contribution in [0.15, 0.2) is 18.2 Å². The van der Waals surface area contributed by atoms with Crippen LogP contribution in [0.4, 0.5) is 0 Å². The van der Waals surface area contributed by atoms with E-state index in [9.17, 15) is 0 Å². The number of nitrogens with two attached hydrogens (primary N) is 1. The summed E-state index contributed by atoms with van der Waals surface area (Å²) < 4.78 is 0. The van der Waals surface area contributed by atoms with Gasteiger partial charge in [-0.15, -0.1) is 0 Å². The van der Waals surface area contributed by atoms with E-state index in [-0.39, 0.29) is 12.6 Å². The standard InChI is InChI=1S/C10H14ClNO/c1-2-7-3-8(10(12)6-13)5-9(11)4-7/h3-5,10,13H,2,6,12H2,1H3. The highest BCUT2D eigenvalue weighted by atomic mass is 35.5. The van der Waals surface area contributed by atoms with Crippen molar-refractivity contribution in [3.63, 3.8) is 0 Å². The van der Waals surface area contributed by atoms with E-state index in [1.54, 1.807) is 6.07 Å². The summed E-state index contributed by atoms with van der Waals surface area (Å²) in [5.74, 6) is 0. The normalized spacial score (nSPS) is 12.9. The van der Waals surface area contributed by atoms with Gasteiger partial charge in [0.15, 0.2) is 0 Å². The maximum atomic E-state index is 8.87. The van der Waals surface area contributed by atoms with E-state index in [0.29, 0.717) is 5.02 Å². The third-order valence-electron chi connectivity index (χ3n) is 2.01. The first-order valence-corrected chi connectivity index (χ1v) is 4.71. The van der Waals surface area contributed by atoms with Gasteiger partial charge in [-0.05, 0) is 29.7 Å². The van der Waals surface area contributed by atoms with E-state index in [0.717, 1.165) is 17.5 Å². The molecular formula is C10H14ClNO. The molecule has 1 unspecified atom stereocenters. The molecule has 1 atom stereocenters. The Morgan fingerprint density at radius 1 is 1.46 bits per heavy atom. The molecule has 0 saturated carbocycles. The van der Waals surface area contributed by atoms with Crippen molar-refractivity contribution in [2.24, 2.45) is 5.73 Å². The molecule has 3 N–H and O–H groups in total. The maximum absolute atomic E-state index is 8.87. The highest BCUT2D eigenvalue weighted by molar-refractivity contribution is 6.30. The van der Waals surface area contributed by atoms with Crippen LogP contribution >= 0.6 is 11.6 Å². The number of halogens is 1. The van der Waals surface area contributed by atoms with Crippen molar-refractivity contribution >= 4 is 11.6 Å². The Hall–Kier alpha value is -0.570. The molecule has 0 radical (unpaired) electrons. The molecule has 0 aromatic heterocycles. The Balaban J connectivity index is 3.01. The fourth-order valence-electron chi connectivity index (χ4n) is 1.20. The van der Waals surface area contributed by atoms with Gasteiger partial charge in [0.2, 0.25) is 0 Å². The van der Waals surface area contributed by atoms with Crippen molar-refractivity contribution in [2.75, 3.05) is 6.61 Å². The van der Waals surface area contributed by atoms with Gasteiger partial charge in [0, 0.05) is 5.02 Å². The molecule has 0 spiro atoms. The third kappa shape index (κ3) is 2.69. The van der Waals surface area contributed by atoms with Crippen LogP contribution in [0, 0.1) is 0 Å². The van der Waals surface area contributed by atoms with E-state index in [4.69, 9.17) is 22.4 Å². The topological polar surface area (TPSA) is 46.2 Å². The van der Waals surface area contributed by atoms with Crippen LogP contribution in [-0.2, 0) is 6.42 Å². The first kappa shape index (κ1) is 10.5. The summed E-state index contributed by atoms with van der Waals surface area (Å²) in [6, 6.07) is 5.35. The van der Waals surface area contributed by atoms with Crippen molar-refractivity contribution in [3.8, 4) is 0 Å². The second-order valence-corrected chi connectivity index (χ2v) is 3.47. The quantitative estimate of drug-likeness (QED) is 0.781. The van der Waals surface area contributed by atoms with Gasteiger partial charge in [0.1, 0.15) is 0 Å². The largest absolute Gasteiger partial charge is 0.394 e. The van der Waals surface area contributed by atoms with Crippen molar-refractivity contribution in [3.05, 3.63) is 34.3 Å². The Labute approximate surface area is 83.3 Å². The van der Waals surface area contributed by atoms with Crippen molar-refractivity contribution in [1.29, 1.82) is 0 Å². The fraction of sp³-hybridized carbons (Fsp3) is 0.400. The van der Waals surface area contributed by atoms with Crippen molar-refractivity contribution in [2.45, 2.75) is 19.4 Å². The monoisotopic (exact) mass is 199 g/mol. The van der Waals surface area contributed by atoms with Crippen LogP contribution in [0.3, 0.4) is 0 Å². The second kappa shape index (κ2) is 4.61. The maximum Gasteiger partial charge on any atom is 0.0624 e. The van der Waals surface area contributed by atoms with Crippen LogP contribution in [-0.4, -0.2) is 11.7 Å². The van der Waals surface area contributed by atoms with Gasteiger partial charge in [-0.3, -0.25) is 0 Å². The molecule has 0 fully saturated rings. The van der Waals surface area contributed by atoms with E-state index in [1.807, 2.05) is 12.1 Å². The van der Waals surface area contributed by atoms with Crippen LogP contribution in [0.25, 0.3) is 0 Å². The van der Waals surface area contributed by atoms with Crippen LogP contribution in [0.5, 0.6) is 0 Å². The summed E-state index contributed by atoms with van der Waals surface area (Å²) in [6.45, 7) is 2.00. The summed E-state index contributed by atoms with van der Waals surface area (Å²) in [5, 5.41) is 9.55. The molecule has 0 aliphatic carbocycles. The van der Waals surface area contributed by atoms with Gasteiger partial charge in [-0.25, -0.2) is 0 Å². The van der Waals surface area contributed by atoms with E-state index in [2.05, 4.69) is 6.92 Å². The number of aliphatic hydroxyl groups is 1. The van der Waals surface area contributed by atoms with E-state index in [1.165, 1.54) is 0 Å². The van der Waals surface area contributed by atoms with Gasteiger partial charge in [-0.2, -0.15) is 0 Å². The van der Waals surface area contributed by atoms with Crippen molar-refractivity contribution in [1.82, 2.24) is 0 Å². The lowest BCUT2D eigenvalue weighted by Gasteiger charge is -2.10. The molecule has 0 saturated heterocycles. The van der Waals surface area contributed by atoms with Gasteiger partial charge >= 0.3 is 0 Å². The van der Waals surface area contributed by atoms with Gasteiger partial charge in [-0.1, -0.05) is 24.6 Å². The Morgan fingerprint density at radius 3 is 2.69 bits per heavy atom. The molecule has 0 bridgehead atoms. The lowest BCUT2D eigenvalue weighted by Crippen LogP contribution is -2.14. The molecular weight excluding hydrogens is 186 g/mol. The molecule has 1 aromatic carbocycles. The molecule has 2 nitrogen and oxygen atoms in total. The predicted molar refractivity (Wildman–Crippen MR) is 54.8 cm³/mol. The van der Waals surface area contributed by atoms with Crippen LogP contribution in [0.2, 0.25) is 5.02 Å². The molecule has 1 aromatic rings. The fourth-order valence-corrected chi connectivity index (χ4v) is 1.47. The molecule has 0 amide bonds. The number of rotatable bonds is 3. The zero-order valence-electron chi connectivity index (χ0n) is 7.63. The minimum Gasteiger partial charge on any atom is -0.394 e. The Kier molecular flexibility index (Phi) is 3.72. The first-order valence-electron chi connectivity index (χ1n) is 4.33. The smallest absolute Gasteiger partial charge is 0.0624 e. The second-order valence-electron chi connectivity index (χ2n) is 3.04. The number of aryl methyl sites for hydroxylation is 1. The van der Waals surface area contributed by atoms with Crippen LogP contribution < -0.4 is 5.73 Å². The lowest BCUT2D eigenvalue weighted by molar-refractivity contribution is 0.268. The molecule has 72 valence electrons. The molecule has 1 rings (SSSR count). The highest BCUT2D eigenvalue weighted by Crippen LogP contribution is 2.19. The molecule has 13 heavy (non-hydrogen) atoms. The third-order valence-corrected chi connectivity index (χ3v) is 2.23. The van der Waals surface area contributed by atoms with Gasteiger partial charge in [0.25, 0.3) is 0 Å². The lowest BCUT2D eigenvalue weighted by atomic mass is 10.0. The van der Waals surface area contributed by atoms with E-state index < -0.39 is 0 Å². The molecule has 0 aliphatic heterocycles. The van der Waals surface area contributed by atoms with E-state index >= 15 is 0 Å². The summed E-state index contributed by atoms with van der Waals surface area (Å²) in [6.07, 6.45) is 0.922. The molecule has 0 aliphatic rings. The Bertz CT molecular complexity index is 288. The summed E-state index contributed by atoms with van der Waals surface area (Å²) in [4.78, 5) is 0.